The van der Waals surface area contributed by atoms with E-state index in [1.54, 1.807) is 6.21 Å². The van der Waals surface area contributed by atoms with Gasteiger partial charge in [-0.15, -0.1) is 0 Å². The minimum absolute atomic E-state index is 0.411. The van der Waals surface area contributed by atoms with Crippen molar-refractivity contribution < 1.29 is 4.21 Å². The van der Waals surface area contributed by atoms with Crippen molar-refractivity contribution >= 4 is 28.1 Å². The lowest BCUT2D eigenvalue weighted by molar-refractivity contribution is 0.476. The molecule has 0 saturated heterocycles. The standard InChI is InChI=1S/C31H29N3OS/c1-30(2,3)36(35)33-22-24-19-20-25-23-32-34(29(25)21-24)31(26-13-7-4-8-14-26,27-15-9-5-10-16-27)28-17-11-6-12-18-28/h4-23H,1-3H3/b33-22+. The fraction of sp³-hybridized carbons (Fsp3) is 0.161. The van der Waals surface area contributed by atoms with E-state index in [0.29, 0.717) is 0 Å². The molecule has 4 aromatic carbocycles. The summed E-state index contributed by atoms with van der Waals surface area (Å²) in [7, 11) is -1.33. The minimum atomic E-state index is -1.33. The summed E-state index contributed by atoms with van der Waals surface area (Å²) in [4.78, 5) is 0. The fourth-order valence-electron chi connectivity index (χ4n) is 4.55. The van der Waals surface area contributed by atoms with Gasteiger partial charge in [-0.2, -0.15) is 9.50 Å². The molecular weight excluding hydrogens is 462 g/mol. The number of benzene rings is 4. The van der Waals surface area contributed by atoms with Crippen LogP contribution in [-0.2, 0) is 16.5 Å². The van der Waals surface area contributed by atoms with Crippen molar-refractivity contribution in [3.8, 4) is 0 Å². The molecular formula is C31H29N3OS. The largest absolute Gasteiger partial charge is 0.245 e. The van der Waals surface area contributed by atoms with Crippen LogP contribution in [0.3, 0.4) is 0 Å². The molecule has 0 radical (unpaired) electrons. The van der Waals surface area contributed by atoms with Crippen LogP contribution < -0.4 is 0 Å². The number of rotatable bonds is 6. The highest BCUT2D eigenvalue weighted by Gasteiger charge is 2.40. The normalized spacial score (nSPS) is 13.3. The molecule has 1 heterocycles. The number of fused-ring (bicyclic) bond motifs is 1. The van der Waals surface area contributed by atoms with E-state index in [0.717, 1.165) is 33.2 Å². The molecule has 1 aromatic heterocycles. The van der Waals surface area contributed by atoms with Crippen molar-refractivity contribution in [2.75, 3.05) is 0 Å². The molecule has 0 aliphatic rings. The quantitative estimate of drug-likeness (QED) is 0.195. The molecule has 0 aliphatic carbocycles. The molecule has 0 spiro atoms. The zero-order valence-electron chi connectivity index (χ0n) is 20.7. The fourth-order valence-corrected chi connectivity index (χ4v) is 5.09. The predicted octanol–water partition coefficient (Wildman–Crippen LogP) is 6.76. The lowest BCUT2D eigenvalue weighted by atomic mass is 9.77. The van der Waals surface area contributed by atoms with Gasteiger partial charge >= 0.3 is 0 Å². The van der Waals surface area contributed by atoms with Crippen molar-refractivity contribution in [3.05, 3.63) is 138 Å². The predicted molar refractivity (Wildman–Crippen MR) is 150 cm³/mol. The Morgan fingerprint density at radius 2 is 1.25 bits per heavy atom. The van der Waals surface area contributed by atoms with Gasteiger partial charge in [0.1, 0.15) is 16.5 Å². The van der Waals surface area contributed by atoms with Crippen LogP contribution >= 0.6 is 0 Å². The minimum Gasteiger partial charge on any atom is -0.245 e. The first-order valence-electron chi connectivity index (χ1n) is 12.0. The third-order valence-electron chi connectivity index (χ3n) is 6.31. The van der Waals surface area contributed by atoms with Gasteiger partial charge in [-0.05, 0) is 49.1 Å². The molecule has 5 aromatic rings. The maximum atomic E-state index is 12.5. The lowest BCUT2D eigenvalue weighted by Gasteiger charge is -2.37. The first kappa shape index (κ1) is 23.9. The molecule has 180 valence electrons. The van der Waals surface area contributed by atoms with Crippen molar-refractivity contribution in [3.63, 3.8) is 0 Å². The third-order valence-corrected chi connectivity index (χ3v) is 7.65. The summed E-state index contributed by atoms with van der Waals surface area (Å²) in [5.41, 5.74) is 4.48. The van der Waals surface area contributed by atoms with E-state index < -0.39 is 21.3 Å². The van der Waals surface area contributed by atoms with Crippen molar-refractivity contribution in [2.45, 2.75) is 31.1 Å². The topological polar surface area (TPSA) is 47.2 Å². The van der Waals surface area contributed by atoms with Crippen molar-refractivity contribution in [1.82, 2.24) is 9.78 Å². The Hall–Kier alpha value is -3.83. The molecule has 0 bridgehead atoms. The molecule has 0 N–H and O–H groups in total. The van der Waals surface area contributed by atoms with Gasteiger partial charge in [-0.3, -0.25) is 0 Å². The Bertz CT molecular complexity index is 1420. The van der Waals surface area contributed by atoms with Gasteiger partial charge in [0.2, 0.25) is 0 Å². The molecule has 5 rings (SSSR count). The molecule has 36 heavy (non-hydrogen) atoms. The summed E-state index contributed by atoms with van der Waals surface area (Å²) in [5.74, 6) is 0. The molecule has 1 atom stereocenters. The summed E-state index contributed by atoms with van der Waals surface area (Å²) in [6.45, 7) is 5.77. The maximum Gasteiger partial charge on any atom is 0.144 e. The second-order valence-electron chi connectivity index (χ2n) is 9.78. The second kappa shape index (κ2) is 9.67. The van der Waals surface area contributed by atoms with Gasteiger partial charge in [0.25, 0.3) is 0 Å². The van der Waals surface area contributed by atoms with Gasteiger partial charge in [-0.25, -0.2) is 8.89 Å². The van der Waals surface area contributed by atoms with E-state index in [1.807, 2.05) is 57.3 Å². The number of nitrogens with zero attached hydrogens (tertiary/aromatic N) is 3. The summed E-state index contributed by atoms with van der Waals surface area (Å²) < 4.78 is 18.6. The monoisotopic (exact) mass is 491 g/mol. The average molecular weight is 492 g/mol. The highest BCUT2D eigenvalue weighted by molar-refractivity contribution is 7.85. The molecule has 5 heteroatoms. The maximum absolute atomic E-state index is 12.5. The summed E-state index contributed by atoms with van der Waals surface area (Å²) in [6, 6.07) is 37.6. The molecule has 0 saturated carbocycles. The van der Waals surface area contributed by atoms with Crippen LogP contribution in [0.1, 0.15) is 43.0 Å². The summed E-state index contributed by atoms with van der Waals surface area (Å²) in [6.07, 6.45) is 3.61. The van der Waals surface area contributed by atoms with Crippen molar-refractivity contribution in [2.24, 2.45) is 4.40 Å². The summed E-state index contributed by atoms with van der Waals surface area (Å²) in [5, 5.41) is 6.01. The Kier molecular flexibility index (Phi) is 6.42. The summed E-state index contributed by atoms with van der Waals surface area (Å²) >= 11 is 0. The van der Waals surface area contributed by atoms with E-state index in [2.05, 4.69) is 87.9 Å². The van der Waals surface area contributed by atoms with Crippen LogP contribution in [0.25, 0.3) is 10.9 Å². The Morgan fingerprint density at radius 1 is 0.750 bits per heavy atom. The van der Waals surface area contributed by atoms with Crippen LogP contribution in [0.4, 0.5) is 0 Å². The van der Waals surface area contributed by atoms with Crippen molar-refractivity contribution in [1.29, 1.82) is 0 Å². The Morgan fingerprint density at radius 3 is 1.72 bits per heavy atom. The van der Waals surface area contributed by atoms with E-state index in [4.69, 9.17) is 5.10 Å². The zero-order valence-corrected chi connectivity index (χ0v) is 21.5. The van der Waals surface area contributed by atoms with Crippen LogP contribution in [0.15, 0.2) is 120 Å². The van der Waals surface area contributed by atoms with Crippen LogP contribution in [0.5, 0.6) is 0 Å². The molecule has 0 amide bonds. The van der Waals surface area contributed by atoms with E-state index in [1.165, 1.54) is 0 Å². The van der Waals surface area contributed by atoms with Crippen LogP contribution in [0.2, 0.25) is 0 Å². The third kappa shape index (κ3) is 4.31. The first-order valence-corrected chi connectivity index (χ1v) is 13.1. The molecule has 0 fully saturated rings. The van der Waals surface area contributed by atoms with Crippen LogP contribution in [-0.4, -0.2) is 25.0 Å². The van der Waals surface area contributed by atoms with Gasteiger partial charge < -0.3 is 0 Å². The Labute approximate surface area is 214 Å². The van der Waals surface area contributed by atoms with Gasteiger partial charge in [0.05, 0.1) is 16.5 Å². The SMILES string of the molecule is CC(C)(C)S(=O)/N=C/c1ccc2cnn(C(c3ccccc3)(c3ccccc3)c3ccccc3)c2c1. The smallest absolute Gasteiger partial charge is 0.144 e. The number of hydrogen-bond acceptors (Lipinski definition) is 2. The van der Waals surface area contributed by atoms with E-state index >= 15 is 0 Å². The average Bonchev–Trinajstić information content (AvgIpc) is 3.33. The molecule has 0 aliphatic heterocycles. The number of hydrogen-bond donors (Lipinski definition) is 0. The van der Waals surface area contributed by atoms with Gasteiger partial charge in [0.15, 0.2) is 0 Å². The Balaban J connectivity index is 1.80. The van der Waals surface area contributed by atoms with E-state index in [9.17, 15) is 4.21 Å². The zero-order chi connectivity index (χ0) is 25.2. The molecule has 1 unspecified atom stereocenters. The highest BCUT2D eigenvalue weighted by atomic mass is 32.2. The van der Waals surface area contributed by atoms with E-state index in [-0.39, 0.29) is 0 Å². The van der Waals surface area contributed by atoms with Gasteiger partial charge in [-0.1, -0.05) is 103 Å². The second-order valence-corrected chi connectivity index (χ2v) is 11.7. The molecule has 4 nitrogen and oxygen atoms in total. The lowest BCUT2D eigenvalue weighted by Crippen LogP contribution is -2.38. The number of aromatic nitrogens is 2. The highest BCUT2D eigenvalue weighted by Crippen LogP contribution is 2.42. The first-order chi connectivity index (χ1) is 17.4. The van der Waals surface area contributed by atoms with Gasteiger partial charge in [0, 0.05) is 11.6 Å². The van der Waals surface area contributed by atoms with Crippen LogP contribution in [0, 0.1) is 0 Å².